The molecular weight excluding hydrogens is 340 g/mol. The third-order valence-corrected chi connectivity index (χ3v) is 5.25. The standard InChI is InChI=1S/C21H24N4O2/c22-15-21(16-5-2-1-3-6-16)9-11-25(12-10-21)14-18-8-4-7-17(24-18)13-19(23)20(26)27/h1-8,19H,9-14,23H2,(H,26,27). The lowest BCUT2D eigenvalue weighted by atomic mass is 9.74. The Kier molecular flexibility index (Phi) is 5.84. The highest BCUT2D eigenvalue weighted by Gasteiger charge is 2.36. The first kappa shape index (κ1) is 19.0. The van der Waals surface area contributed by atoms with Gasteiger partial charge in [-0.25, -0.2) is 0 Å². The molecule has 1 fully saturated rings. The van der Waals surface area contributed by atoms with Gasteiger partial charge in [-0.3, -0.25) is 14.7 Å². The van der Waals surface area contributed by atoms with Gasteiger partial charge in [-0.1, -0.05) is 36.4 Å². The fourth-order valence-corrected chi connectivity index (χ4v) is 3.59. The zero-order valence-electron chi connectivity index (χ0n) is 15.2. The van der Waals surface area contributed by atoms with Crippen molar-refractivity contribution in [3.05, 3.63) is 65.5 Å². The summed E-state index contributed by atoms with van der Waals surface area (Å²) in [5, 5.41) is 18.7. The van der Waals surface area contributed by atoms with Gasteiger partial charge in [0.2, 0.25) is 0 Å². The fraction of sp³-hybridized carbons (Fsp3) is 0.381. The predicted molar refractivity (Wildman–Crippen MR) is 102 cm³/mol. The predicted octanol–water partition coefficient (Wildman–Crippen LogP) is 2.09. The molecule has 1 saturated heterocycles. The second-order valence-electron chi connectivity index (χ2n) is 7.11. The SMILES string of the molecule is N#CC1(c2ccccc2)CCN(Cc2cccc(CC(N)C(=O)O)n2)CC1. The number of aliphatic carboxylic acids is 1. The number of hydrogen-bond donors (Lipinski definition) is 2. The van der Waals surface area contributed by atoms with E-state index in [1.165, 1.54) is 0 Å². The molecule has 1 unspecified atom stereocenters. The van der Waals surface area contributed by atoms with Crippen LogP contribution < -0.4 is 5.73 Å². The van der Waals surface area contributed by atoms with Crippen LogP contribution in [0.4, 0.5) is 0 Å². The van der Waals surface area contributed by atoms with Gasteiger partial charge in [0, 0.05) is 31.7 Å². The minimum atomic E-state index is -1.02. The number of pyridine rings is 1. The second-order valence-corrected chi connectivity index (χ2v) is 7.11. The zero-order valence-corrected chi connectivity index (χ0v) is 15.2. The minimum Gasteiger partial charge on any atom is -0.480 e. The van der Waals surface area contributed by atoms with Crippen LogP contribution in [-0.4, -0.2) is 40.1 Å². The van der Waals surface area contributed by atoms with E-state index >= 15 is 0 Å². The third-order valence-electron chi connectivity index (χ3n) is 5.25. The number of nitriles is 1. The van der Waals surface area contributed by atoms with E-state index in [0.29, 0.717) is 12.2 Å². The first-order valence-corrected chi connectivity index (χ1v) is 9.15. The third kappa shape index (κ3) is 4.51. The zero-order chi connectivity index (χ0) is 19.3. The number of rotatable bonds is 6. The second kappa shape index (κ2) is 8.30. The van der Waals surface area contributed by atoms with E-state index in [2.05, 4.69) is 16.0 Å². The van der Waals surface area contributed by atoms with Crippen molar-refractivity contribution in [2.75, 3.05) is 13.1 Å². The Morgan fingerprint density at radius 3 is 2.48 bits per heavy atom. The first-order chi connectivity index (χ1) is 13.0. The van der Waals surface area contributed by atoms with Crippen molar-refractivity contribution < 1.29 is 9.90 Å². The summed E-state index contributed by atoms with van der Waals surface area (Å²) in [5.41, 5.74) is 7.87. The molecule has 0 radical (unpaired) electrons. The van der Waals surface area contributed by atoms with Crippen LogP contribution >= 0.6 is 0 Å². The largest absolute Gasteiger partial charge is 0.480 e. The molecule has 1 aliphatic heterocycles. The molecule has 6 nitrogen and oxygen atoms in total. The highest BCUT2D eigenvalue weighted by Crippen LogP contribution is 2.35. The van der Waals surface area contributed by atoms with Gasteiger partial charge in [0.1, 0.15) is 6.04 Å². The van der Waals surface area contributed by atoms with E-state index in [0.717, 1.165) is 37.2 Å². The Morgan fingerprint density at radius 2 is 1.85 bits per heavy atom. The van der Waals surface area contributed by atoms with Gasteiger partial charge in [0.15, 0.2) is 0 Å². The van der Waals surface area contributed by atoms with Crippen LogP contribution in [0.3, 0.4) is 0 Å². The van der Waals surface area contributed by atoms with Crippen LogP contribution in [0.1, 0.15) is 29.8 Å². The lowest BCUT2D eigenvalue weighted by Crippen LogP contribution is -2.41. The summed E-state index contributed by atoms with van der Waals surface area (Å²) < 4.78 is 0. The number of carbonyl (C=O) groups is 1. The van der Waals surface area contributed by atoms with Crippen molar-refractivity contribution in [3.63, 3.8) is 0 Å². The van der Waals surface area contributed by atoms with E-state index in [9.17, 15) is 10.1 Å². The van der Waals surface area contributed by atoms with Crippen molar-refractivity contribution in [3.8, 4) is 6.07 Å². The minimum absolute atomic E-state index is 0.217. The summed E-state index contributed by atoms with van der Waals surface area (Å²) in [6, 6.07) is 17.3. The van der Waals surface area contributed by atoms with E-state index in [1.807, 2.05) is 42.5 Å². The molecule has 140 valence electrons. The summed E-state index contributed by atoms with van der Waals surface area (Å²) in [5.74, 6) is -1.02. The topological polar surface area (TPSA) is 103 Å². The molecule has 2 heterocycles. The summed E-state index contributed by atoms with van der Waals surface area (Å²) >= 11 is 0. The summed E-state index contributed by atoms with van der Waals surface area (Å²) in [6.07, 6.45) is 1.79. The summed E-state index contributed by atoms with van der Waals surface area (Å²) in [4.78, 5) is 17.8. The number of nitrogens with zero attached hydrogens (tertiary/aromatic N) is 3. The van der Waals surface area contributed by atoms with Gasteiger partial charge in [0.05, 0.1) is 17.2 Å². The smallest absolute Gasteiger partial charge is 0.320 e. The monoisotopic (exact) mass is 364 g/mol. The van der Waals surface area contributed by atoms with Crippen LogP contribution in [-0.2, 0) is 23.2 Å². The molecule has 0 aliphatic carbocycles. The first-order valence-electron chi connectivity index (χ1n) is 9.15. The summed E-state index contributed by atoms with van der Waals surface area (Å²) in [6.45, 7) is 2.33. The van der Waals surface area contributed by atoms with Gasteiger partial charge in [-0.2, -0.15) is 5.26 Å². The number of nitrogens with two attached hydrogens (primary N) is 1. The molecule has 3 N–H and O–H groups in total. The number of carboxylic acid groups (broad SMARTS) is 1. The number of carboxylic acids is 1. The molecule has 0 spiro atoms. The Hall–Kier alpha value is -2.75. The molecule has 0 bridgehead atoms. The maximum Gasteiger partial charge on any atom is 0.320 e. The van der Waals surface area contributed by atoms with Crippen LogP contribution in [0.5, 0.6) is 0 Å². The Labute approximate surface area is 159 Å². The van der Waals surface area contributed by atoms with E-state index in [4.69, 9.17) is 10.8 Å². The molecule has 27 heavy (non-hydrogen) atoms. The molecular formula is C21H24N4O2. The average molecular weight is 364 g/mol. The number of likely N-dealkylation sites (tertiary alicyclic amines) is 1. The Bertz CT molecular complexity index is 824. The maximum atomic E-state index is 10.9. The number of hydrogen-bond acceptors (Lipinski definition) is 5. The van der Waals surface area contributed by atoms with E-state index in [-0.39, 0.29) is 6.42 Å². The van der Waals surface area contributed by atoms with Gasteiger partial charge < -0.3 is 10.8 Å². The van der Waals surface area contributed by atoms with Crippen LogP contribution in [0, 0.1) is 11.3 Å². The van der Waals surface area contributed by atoms with Crippen LogP contribution in [0.2, 0.25) is 0 Å². The molecule has 1 aliphatic rings. The lowest BCUT2D eigenvalue weighted by Gasteiger charge is -2.37. The highest BCUT2D eigenvalue weighted by atomic mass is 16.4. The maximum absolute atomic E-state index is 10.9. The lowest BCUT2D eigenvalue weighted by molar-refractivity contribution is -0.138. The van der Waals surface area contributed by atoms with E-state index in [1.54, 1.807) is 6.07 Å². The molecule has 0 amide bonds. The molecule has 1 atom stereocenters. The van der Waals surface area contributed by atoms with Crippen molar-refractivity contribution in [1.82, 2.24) is 9.88 Å². The normalized spacial score (nSPS) is 17.8. The van der Waals surface area contributed by atoms with Crippen LogP contribution in [0.15, 0.2) is 48.5 Å². The molecule has 1 aromatic carbocycles. The Balaban J connectivity index is 1.63. The fourth-order valence-electron chi connectivity index (χ4n) is 3.59. The number of piperidine rings is 1. The van der Waals surface area contributed by atoms with Crippen molar-refractivity contribution in [2.24, 2.45) is 5.73 Å². The average Bonchev–Trinajstić information content (AvgIpc) is 2.69. The highest BCUT2D eigenvalue weighted by molar-refractivity contribution is 5.73. The van der Waals surface area contributed by atoms with Crippen molar-refractivity contribution in [1.29, 1.82) is 5.26 Å². The molecule has 1 aromatic heterocycles. The van der Waals surface area contributed by atoms with Gasteiger partial charge >= 0.3 is 5.97 Å². The Morgan fingerprint density at radius 1 is 1.19 bits per heavy atom. The molecule has 3 rings (SSSR count). The molecule has 6 heteroatoms. The number of benzene rings is 1. The summed E-state index contributed by atoms with van der Waals surface area (Å²) in [7, 11) is 0. The number of aromatic nitrogens is 1. The quantitative estimate of drug-likeness (QED) is 0.813. The van der Waals surface area contributed by atoms with Gasteiger partial charge in [-0.05, 0) is 30.5 Å². The van der Waals surface area contributed by atoms with Crippen molar-refractivity contribution in [2.45, 2.75) is 37.3 Å². The van der Waals surface area contributed by atoms with Gasteiger partial charge in [-0.15, -0.1) is 0 Å². The van der Waals surface area contributed by atoms with Gasteiger partial charge in [0.25, 0.3) is 0 Å². The van der Waals surface area contributed by atoms with E-state index < -0.39 is 17.4 Å². The molecule has 2 aromatic rings. The van der Waals surface area contributed by atoms with Crippen molar-refractivity contribution >= 4 is 5.97 Å². The molecule has 0 saturated carbocycles. The van der Waals surface area contributed by atoms with Crippen LogP contribution in [0.25, 0.3) is 0 Å².